The van der Waals surface area contributed by atoms with Gasteiger partial charge in [-0.25, -0.2) is 4.79 Å². The van der Waals surface area contributed by atoms with Crippen LogP contribution in [0, 0.1) is 6.92 Å². The predicted molar refractivity (Wildman–Crippen MR) is 75.7 cm³/mol. The van der Waals surface area contributed by atoms with Gasteiger partial charge in [0.2, 0.25) is 0 Å². The molecule has 5 heteroatoms. The fraction of sp³-hybridized carbons (Fsp3) is 0.500. The topological polar surface area (TPSA) is 70.6 Å². The fourth-order valence-corrected chi connectivity index (χ4v) is 1.76. The van der Waals surface area contributed by atoms with Crippen LogP contribution in [0.5, 0.6) is 5.75 Å². The molecule has 106 valence electrons. The molecule has 19 heavy (non-hydrogen) atoms. The molecule has 0 spiro atoms. The first-order valence-electron chi connectivity index (χ1n) is 6.40. The van der Waals surface area contributed by atoms with E-state index in [9.17, 15) is 4.79 Å². The summed E-state index contributed by atoms with van der Waals surface area (Å²) in [7, 11) is 1.61. The summed E-state index contributed by atoms with van der Waals surface area (Å²) in [6.45, 7) is 3.97. The summed E-state index contributed by atoms with van der Waals surface area (Å²) in [5, 5.41) is 14.4. The van der Waals surface area contributed by atoms with E-state index < -0.39 is 0 Å². The van der Waals surface area contributed by atoms with Gasteiger partial charge in [0.15, 0.2) is 0 Å². The predicted octanol–water partition coefficient (Wildman–Crippen LogP) is 2.29. The lowest BCUT2D eigenvalue weighted by Gasteiger charge is -2.15. The third-order valence-corrected chi connectivity index (χ3v) is 2.85. The molecule has 0 fully saturated rings. The highest BCUT2D eigenvalue weighted by molar-refractivity contribution is 5.90. The Bertz CT molecular complexity index is 421. The van der Waals surface area contributed by atoms with Crippen LogP contribution in [0.1, 0.15) is 25.3 Å². The molecule has 0 aromatic heterocycles. The van der Waals surface area contributed by atoms with Crippen LogP contribution in [0.4, 0.5) is 10.5 Å². The first kappa shape index (κ1) is 15.3. The van der Waals surface area contributed by atoms with Gasteiger partial charge in [0, 0.05) is 18.3 Å². The van der Waals surface area contributed by atoms with Gasteiger partial charge in [0.25, 0.3) is 0 Å². The molecule has 1 atom stereocenters. The second-order valence-electron chi connectivity index (χ2n) is 4.55. The lowest BCUT2D eigenvalue weighted by molar-refractivity contribution is 0.245. The summed E-state index contributed by atoms with van der Waals surface area (Å²) < 4.78 is 5.11. The summed E-state index contributed by atoms with van der Waals surface area (Å²) in [5.74, 6) is 0.764. The molecular formula is C14H22N2O3. The Hall–Kier alpha value is -1.75. The molecule has 2 amide bonds. The number of benzene rings is 1. The van der Waals surface area contributed by atoms with Crippen LogP contribution in [-0.4, -0.2) is 30.9 Å². The fourth-order valence-electron chi connectivity index (χ4n) is 1.76. The molecule has 1 rings (SSSR count). The molecule has 1 aromatic rings. The van der Waals surface area contributed by atoms with Crippen molar-refractivity contribution < 1.29 is 14.6 Å². The van der Waals surface area contributed by atoms with E-state index in [2.05, 4.69) is 10.6 Å². The summed E-state index contributed by atoms with van der Waals surface area (Å²) in [6.07, 6.45) is 1.44. The monoisotopic (exact) mass is 266 g/mol. The summed E-state index contributed by atoms with van der Waals surface area (Å²) >= 11 is 0. The Morgan fingerprint density at radius 3 is 2.79 bits per heavy atom. The average molecular weight is 266 g/mol. The first-order valence-corrected chi connectivity index (χ1v) is 6.40. The highest BCUT2D eigenvalue weighted by Gasteiger charge is 2.08. The van der Waals surface area contributed by atoms with Crippen LogP contribution in [-0.2, 0) is 0 Å². The van der Waals surface area contributed by atoms with Gasteiger partial charge in [0.05, 0.1) is 7.11 Å². The number of nitrogens with one attached hydrogen (secondary N) is 2. The second-order valence-corrected chi connectivity index (χ2v) is 4.55. The van der Waals surface area contributed by atoms with Crippen molar-refractivity contribution in [3.8, 4) is 5.75 Å². The number of anilines is 1. The molecule has 1 unspecified atom stereocenters. The quantitative estimate of drug-likeness (QED) is 0.740. The average Bonchev–Trinajstić information content (AvgIpc) is 2.38. The first-order chi connectivity index (χ1) is 9.06. The standard InChI is InChI=1S/C14H22N2O3/c1-10-9-12(19-3)6-7-13(10)16-14(18)15-11(2)5-4-8-17/h6-7,9,11,17H,4-5,8H2,1-3H3,(H2,15,16,18). The molecule has 0 aliphatic rings. The van der Waals surface area contributed by atoms with E-state index in [0.717, 1.165) is 23.4 Å². The number of hydrogen-bond acceptors (Lipinski definition) is 3. The minimum atomic E-state index is -0.237. The van der Waals surface area contributed by atoms with Crippen molar-refractivity contribution in [2.45, 2.75) is 32.7 Å². The number of carbonyl (C=O) groups excluding carboxylic acids is 1. The third-order valence-electron chi connectivity index (χ3n) is 2.85. The number of aliphatic hydroxyl groups excluding tert-OH is 1. The molecule has 1 aromatic carbocycles. The Kier molecular flexibility index (Phi) is 6.15. The van der Waals surface area contributed by atoms with E-state index in [1.807, 2.05) is 26.0 Å². The van der Waals surface area contributed by atoms with Crippen molar-refractivity contribution in [1.29, 1.82) is 0 Å². The van der Waals surface area contributed by atoms with E-state index in [1.165, 1.54) is 0 Å². The van der Waals surface area contributed by atoms with E-state index in [1.54, 1.807) is 13.2 Å². The Balaban J connectivity index is 2.52. The Morgan fingerprint density at radius 2 is 2.21 bits per heavy atom. The number of amides is 2. The molecule has 0 bridgehead atoms. The maximum atomic E-state index is 11.8. The SMILES string of the molecule is COc1ccc(NC(=O)NC(C)CCCO)c(C)c1. The van der Waals surface area contributed by atoms with E-state index in [4.69, 9.17) is 9.84 Å². The van der Waals surface area contributed by atoms with Crippen molar-refractivity contribution in [2.75, 3.05) is 19.0 Å². The third kappa shape index (κ3) is 5.18. The number of methoxy groups -OCH3 is 1. The van der Waals surface area contributed by atoms with Crippen molar-refractivity contribution >= 4 is 11.7 Å². The van der Waals surface area contributed by atoms with Crippen molar-refractivity contribution in [2.24, 2.45) is 0 Å². The van der Waals surface area contributed by atoms with Gasteiger partial charge in [-0.1, -0.05) is 0 Å². The maximum Gasteiger partial charge on any atom is 0.319 e. The molecule has 0 aliphatic carbocycles. The smallest absolute Gasteiger partial charge is 0.319 e. The number of aryl methyl sites for hydroxylation is 1. The summed E-state index contributed by atoms with van der Waals surface area (Å²) in [5.41, 5.74) is 1.70. The molecule has 0 saturated heterocycles. The van der Waals surface area contributed by atoms with Crippen molar-refractivity contribution in [1.82, 2.24) is 5.32 Å². The van der Waals surface area contributed by atoms with Gasteiger partial charge in [-0.3, -0.25) is 0 Å². The van der Waals surface area contributed by atoms with Gasteiger partial charge < -0.3 is 20.5 Å². The minimum Gasteiger partial charge on any atom is -0.497 e. The zero-order valence-electron chi connectivity index (χ0n) is 11.7. The second kappa shape index (κ2) is 7.63. The summed E-state index contributed by atoms with van der Waals surface area (Å²) in [4.78, 5) is 11.8. The lowest BCUT2D eigenvalue weighted by atomic mass is 10.2. The molecular weight excluding hydrogens is 244 g/mol. The van der Waals surface area contributed by atoms with Gasteiger partial charge >= 0.3 is 6.03 Å². The van der Waals surface area contributed by atoms with Crippen LogP contribution in [0.2, 0.25) is 0 Å². The molecule has 0 saturated carbocycles. The van der Waals surface area contributed by atoms with Crippen LogP contribution in [0.25, 0.3) is 0 Å². The Morgan fingerprint density at radius 1 is 1.47 bits per heavy atom. The zero-order chi connectivity index (χ0) is 14.3. The van der Waals surface area contributed by atoms with Gasteiger partial charge in [-0.05, 0) is 50.5 Å². The molecule has 5 nitrogen and oxygen atoms in total. The van der Waals surface area contributed by atoms with E-state index in [-0.39, 0.29) is 18.7 Å². The number of ether oxygens (including phenoxy) is 1. The number of hydrogen-bond donors (Lipinski definition) is 3. The minimum absolute atomic E-state index is 0.0331. The normalized spacial score (nSPS) is 11.8. The van der Waals surface area contributed by atoms with Crippen LogP contribution < -0.4 is 15.4 Å². The van der Waals surface area contributed by atoms with Gasteiger partial charge in [0.1, 0.15) is 5.75 Å². The molecule has 0 radical (unpaired) electrons. The molecule has 0 aliphatic heterocycles. The van der Waals surface area contributed by atoms with Crippen LogP contribution in [0.15, 0.2) is 18.2 Å². The molecule has 0 heterocycles. The van der Waals surface area contributed by atoms with Crippen LogP contribution in [0.3, 0.4) is 0 Å². The van der Waals surface area contributed by atoms with Gasteiger partial charge in [-0.2, -0.15) is 0 Å². The maximum absolute atomic E-state index is 11.8. The largest absolute Gasteiger partial charge is 0.497 e. The highest BCUT2D eigenvalue weighted by Crippen LogP contribution is 2.20. The zero-order valence-corrected chi connectivity index (χ0v) is 11.7. The lowest BCUT2D eigenvalue weighted by Crippen LogP contribution is -2.36. The van der Waals surface area contributed by atoms with Crippen molar-refractivity contribution in [3.05, 3.63) is 23.8 Å². The number of aliphatic hydroxyl groups is 1. The summed E-state index contributed by atoms with van der Waals surface area (Å²) in [6, 6.07) is 5.28. The van der Waals surface area contributed by atoms with E-state index >= 15 is 0 Å². The number of carbonyl (C=O) groups is 1. The van der Waals surface area contributed by atoms with Gasteiger partial charge in [-0.15, -0.1) is 0 Å². The van der Waals surface area contributed by atoms with Crippen molar-refractivity contribution in [3.63, 3.8) is 0 Å². The van der Waals surface area contributed by atoms with Crippen LogP contribution >= 0.6 is 0 Å². The highest BCUT2D eigenvalue weighted by atomic mass is 16.5. The number of rotatable bonds is 6. The Labute approximate surface area is 114 Å². The number of urea groups is 1. The van der Waals surface area contributed by atoms with E-state index in [0.29, 0.717) is 6.42 Å². The molecule has 3 N–H and O–H groups in total.